The molecule has 2 aromatic heterocycles. The molecule has 4 rings (SSSR count). The monoisotopic (exact) mass is 306 g/mol. The van der Waals surface area contributed by atoms with Gasteiger partial charge in [-0.3, -0.25) is 4.98 Å². The maximum atomic E-state index is 4.61. The summed E-state index contributed by atoms with van der Waals surface area (Å²) >= 11 is 0. The predicted molar refractivity (Wildman–Crippen MR) is 90.4 cm³/mol. The topological polar surface area (TPSA) is 66.8 Å². The summed E-state index contributed by atoms with van der Waals surface area (Å²) in [6.07, 6.45) is 5.82. The molecule has 0 radical (unpaired) electrons. The summed E-state index contributed by atoms with van der Waals surface area (Å²) in [5, 5.41) is 11.6. The van der Waals surface area contributed by atoms with E-state index < -0.39 is 0 Å². The van der Waals surface area contributed by atoms with Crippen molar-refractivity contribution in [1.82, 2.24) is 20.2 Å². The molecule has 3 heterocycles. The molecule has 0 saturated carbocycles. The Labute approximate surface area is 134 Å². The number of aromatic nitrogens is 4. The number of para-hydroxylation sites is 2. The van der Waals surface area contributed by atoms with Crippen LogP contribution in [0.15, 0.2) is 48.8 Å². The minimum absolute atomic E-state index is 0.403. The lowest BCUT2D eigenvalue weighted by molar-refractivity contribution is 0.685. The maximum Gasteiger partial charge on any atom is 0.151 e. The molecule has 1 saturated heterocycles. The summed E-state index contributed by atoms with van der Waals surface area (Å²) < 4.78 is 0. The van der Waals surface area contributed by atoms with E-state index in [1.54, 1.807) is 12.4 Å². The number of nitrogens with one attached hydrogen (secondary N) is 1. The second-order valence-electron chi connectivity index (χ2n) is 5.70. The highest BCUT2D eigenvalue weighted by Crippen LogP contribution is 2.23. The molecule has 6 heteroatoms. The lowest BCUT2D eigenvalue weighted by atomic mass is 10.2. The highest BCUT2D eigenvalue weighted by molar-refractivity contribution is 5.75. The molecule has 3 aromatic rings. The quantitative estimate of drug-likeness (QED) is 0.799. The van der Waals surface area contributed by atoms with Crippen LogP contribution in [0, 0.1) is 0 Å². The molecular weight excluding hydrogens is 288 g/mol. The van der Waals surface area contributed by atoms with Crippen LogP contribution in [0.2, 0.25) is 0 Å². The molecule has 0 aliphatic carbocycles. The van der Waals surface area contributed by atoms with Crippen molar-refractivity contribution in [3.63, 3.8) is 0 Å². The zero-order valence-electron chi connectivity index (χ0n) is 12.8. The van der Waals surface area contributed by atoms with E-state index in [1.165, 1.54) is 6.42 Å². The van der Waals surface area contributed by atoms with Crippen LogP contribution in [0.1, 0.15) is 12.8 Å². The summed E-state index contributed by atoms with van der Waals surface area (Å²) in [6.45, 7) is 1.85. The fourth-order valence-electron chi connectivity index (χ4n) is 3.06. The highest BCUT2D eigenvalue weighted by Gasteiger charge is 2.25. The molecule has 1 N–H and O–H groups in total. The predicted octanol–water partition coefficient (Wildman–Crippen LogP) is 2.50. The largest absolute Gasteiger partial charge is 0.367 e. The second kappa shape index (κ2) is 6.16. The zero-order valence-corrected chi connectivity index (χ0v) is 12.8. The van der Waals surface area contributed by atoms with Gasteiger partial charge < -0.3 is 10.2 Å². The van der Waals surface area contributed by atoms with Gasteiger partial charge in [-0.15, -0.1) is 5.10 Å². The van der Waals surface area contributed by atoms with Crippen LogP contribution in [-0.2, 0) is 0 Å². The van der Waals surface area contributed by atoms with Gasteiger partial charge in [0.2, 0.25) is 0 Å². The first-order valence-corrected chi connectivity index (χ1v) is 7.90. The first kappa shape index (κ1) is 13.9. The van der Waals surface area contributed by atoms with E-state index in [-0.39, 0.29) is 0 Å². The molecule has 1 atom stereocenters. The van der Waals surface area contributed by atoms with Gasteiger partial charge in [0, 0.05) is 25.3 Å². The van der Waals surface area contributed by atoms with Crippen LogP contribution >= 0.6 is 0 Å². The summed E-state index contributed by atoms with van der Waals surface area (Å²) in [7, 11) is 0. The van der Waals surface area contributed by atoms with E-state index in [2.05, 4.69) is 30.4 Å². The number of rotatable bonds is 4. The van der Waals surface area contributed by atoms with Crippen molar-refractivity contribution in [2.24, 2.45) is 0 Å². The Balaban J connectivity index is 1.47. The smallest absolute Gasteiger partial charge is 0.151 e. The molecule has 23 heavy (non-hydrogen) atoms. The Bertz CT molecular complexity index is 791. The Morgan fingerprint density at radius 2 is 2.04 bits per heavy atom. The second-order valence-corrected chi connectivity index (χ2v) is 5.70. The van der Waals surface area contributed by atoms with Crippen molar-refractivity contribution in [1.29, 1.82) is 0 Å². The van der Waals surface area contributed by atoms with Gasteiger partial charge in [-0.1, -0.05) is 12.1 Å². The summed E-state index contributed by atoms with van der Waals surface area (Å²) in [4.78, 5) is 11.4. The molecule has 1 aromatic carbocycles. The Kier molecular flexibility index (Phi) is 3.71. The normalized spacial score (nSPS) is 17.6. The fourth-order valence-corrected chi connectivity index (χ4v) is 3.06. The van der Waals surface area contributed by atoms with Crippen LogP contribution < -0.4 is 10.2 Å². The van der Waals surface area contributed by atoms with Crippen molar-refractivity contribution < 1.29 is 0 Å². The lowest BCUT2D eigenvalue weighted by Gasteiger charge is -2.25. The molecular formula is C17H18N6. The van der Waals surface area contributed by atoms with Crippen LogP contribution in [0.3, 0.4) is 0 Å². The van der Waals surface area contributed by atoms with Crippen LogP contribution in [0.25, 0.3) is 11.0 Å². The molecule has 0 bridgehead atoms. The molecule has 1 aliphatic heterocycles. The van der Waals surface area contributed by atoms with Crippen molar-refractivity contribution in [3.8, 4) is 0 Å². The summed E-state index contributed by atoms with van der Waals surface area (Å²) in [5.41, 5.74) is 1.83. The highest BCUT2D eigenvalue weighted by atomic mass is 15.3. The summed E-state index contributed by atoms with van der Waals surface area (Å²) in [6, 6.07) is 12.3. The number of fused-ring (bicyclic) bond motifs is 1. The summed E-state index contributed by atoms with van der Waals surface area (Å²) in [5.74, 6) is 1.76. The molecule has 6 nitrogen and oxygen atoms in total. The van der Waals surface area contributed by atoms with Gasteiger partial charge in [0.25, 0.3) is 0 Å². The molecule has 0 amide bonds. The van der Waals surface area contributed by atoms with Gasteiger partial charge in [0.1, 0.15) is 5.82 Å². The third-order valence-electron chi connectivity index (χ3n) is 4.20. The number of nitrogens with zero attached hydrogens (tertiary/aromatic N) is 5. The van der Waals surface area contributed by atoms with Gasteiger partial charge in [0.05, 0.1) is 17.2 Å². The molecule has 0 spiro atoms. The van der Waals surface area contributed by atoms with E-state index in [9.17, 15) is 0 Å². The minimum atomic E-state index is 0.403. The average molecular weight is 306 g/mol. The standard InChI is InChI=1S/C17H18N6/c1-2-7-15-14(6-1)18-12-16(21-15)19-11-13-5-4-10-23(13)17-8-3-9-20-22-17/h1-3,6-9,12-13H,4-5,10-11H2,(H,19,21)/t13-/m0/s1. The third kappa shape index (κ3) is 2.92. The molecule has 1 aliphatic rings. The van der Waals surface area contributed by atoms with Crippen molar-refractivity contribution in [2.75, 3.05) is 23.3 Å². The average Bonchev–Trinajstić information content (AvgIpc) is 3.09. The zero-order chi connectivity index (χ0) is 15.5. The minimum Gasteiger partial charge on any atom is -0.367 e. The third-order valence-corrected chi connectivity index (χ3v) is 4.20. The molecule has 116 valence electrons. The Hall–Kier alpha value is -2.76. The van der Waals surface area contributed by atoms with Gasteiger partial charge in [-0.25, -0.2) is 4.98 Å². The van der Waals surface area contributed by atoms with E-state index in [0.717, 1.165) is 42.2 Å². The van der Waals surface area contributed by atoms with Crippen molar-refractivity contribution in [2.45, 2.75) is 18.9 Å². The Morgan fingerprint density at radius 1 is 1.13 bits per heavy atom. The van der Waals surface area contributed by atoms with Crippen molar-refractivity contribution in [3.05, 3.63) is 48.8 Å². The first-order chi connectivity index (χ1) is 11.4. The maximum absolute atomic E-state index is 4.61. The molecule has 0 unspecified atom stereocenters. The first-order valence-electron chi connectivity index (χ1n) is 7.90. The fraction of sp³-hybridized carbons (Fsp3) is 0.294. The van der Waals surface area contributed by atoms with Crippen LogP contribution in [0.4, 0.5) is 11.6 Å². The van der Waals surface area contributed by atoms with E-state index in [4.69, 9.17) is 0 Å². The number of hydrogen-bond donors (Lipinski definition) is 1. The van der Waals surface area contributed by atoms with Gasteiger partial charge in [-0.05, 0) is 37.1 Å². The molecule has 1 fully saturated rings. The number of benzene rings is 1. The van der Waals surface area contributed by atoms with E-state index in [1.807, 2.05) is 36.4 Å². The SMILES string of the molecule is c1cnnc(N2CCC[C@H]2CNc2cnc3ccccc3n2)c1. The van der Waals surface area contributed by atoms with Gasteiger partial charge in [0.15, 0.2) is 5.82 Å². The van der Waals surface area contributed by atoms with Crippen molar-refractivity contribution >= 4 is 22.7 Å². The lowest BCUT2D eigenvalue weighted by Crippen LogP contribution is -2.35. The Morgan fingerprint density at radius 3 is 2.91 bits per heavy atom. The number of hydrogen-bond acceptors (Lipinski definition) is 6. The van der Waals surface area contributed by atoms with Gasteiger partial charge >= 0.3 is 0 Å². The van der Waals surface area contributed by atoms with E-state index >= 15 is 0 Å². The van der Waals surface area contributed by atoms with Gasteiger partial charge in [-0.2, -0.15) is 5.10 Å². The number of anilines is 2. The van der Waals surface area contributed by atoms with Crippen LogP contribution in [0.5, 0.6) is 0 Å². The van der Waals surface area contributed by atoms with E-state index in [0.29, 0.717) is 6.04 Å². The van der Waals surface area contributed by atoms with Crippen LogP contribution in [-0.4, -0.2) is 39.3 Å².